The van der Waals surface area contributed by atoms with Gasteiger partial charge in [-0.3, -0.25) is 0 Å². The molecule has 0 bridgehead atoms. The molecule has 0 saturated carbocycles. The van der Waals surface area contributed by atoms with E-state index in [9.17, 15) is 0 Å². The second kappa shape index (κ2) is 10.1. The molecule has 0 aliphatic rings. The van der Waals surface area contributed by atoms with Crippen molar-refractivity contribution in [2.45, 2.75) is 26.2 Å². The first-order valence-corrected chi connectivity index (χ1v) is 13.3. The Labute approximate surface area is 230 Å². The van der Waals surface area contributed by atoms with Crippen LogP contribution in [-0.4, -0.2) is 9.38 Å². The Kier molecular flexibility index (Phi) is 6.37. The molecule has 2 aromatic heterocycles. The molecule has 2 heterocycles. The van der Waals surface area contributed by atoms with Crippen LogP contribution in [0.2, 0.25) is 0 Å². The van der Waals surface area contributed by atoms with Crippen LogP contribution in [0.1, 0.15) is 26.3 Å². The molecular formula is C35H32N4. The molecule has 0 radical (unpaired) electrons. The number of nitrogens with one attached hydrogen (secondary N) is 1. The first kappa shape index (κ1) is 24.5. The molecular weight excluding hydrogens is 476 g/mol. The highest BCUT2D eigenvalue weighted by Gasteiger charge is 2.16. The van der Waals surface area contributed by atoms with E-state index in [-0.39, 0.29) is 5.41 Å². The van der Waals surface area contributed by atoms with Crippen molar-refractivity contribution in [3.05, 3.63) is 139 Å². The van der Waals surface area contributed by atoms with Gasteiger partial charge in [-0.2, -0.15) is 0 Å². The maximum absolute atomic E-state index is 4.73. The zero-order valence-electron chi connectivity index (χ0n) is 22.5. The number of nitrogens with zero attached hydrogens (tertiary/aromatic N) is 3. The van der Waals surface area contributed by atoms with Crippen LogP contribution in [0.25, 0.3) is 16.9 Å². The maximum Gasteiger partial charge on any atom is 0.137 e. The van der Waals surface area contributed by atoms with Crippen molar-refractivity contribution in [2.24, 2.45) is 0 Å². The van der Waals surface area contributed by atoms with Crippen molar-refractivity contribution < 1.29 is 0 Å². The van der Waals surface area contributed by atoms with Gasteiger partial charge < -0.3 is 14.6 Å². The van der Waals surface area contributed by atoms with Crippen LogP contribution in [0.4, 0.5) is 28.4 Å². The van der Waals surface area contributed by atoms with Gasteiger partial charge in [0.1, 0.15) is 5.65 Å². The van der Waals surface area contributed by atoms with Gasteiger partial charge in [0.05, 0.1) is 5.69 Å². The molecule has 0 saturated heterocycles. The normalized spacial score (nSPS) is 11.5. The smallest absolute Gasteiger partial charge is 0.137 e. The quantitative estimate of drug-likeness (QED) is 0.243. The van der Waals surface area contributed by atoms with Gasteiger partial charge in [0.2, 0.25) is 0 Å². The number of benzene rings is 4. The van der Waals surface area contributed by atoms with Crippen LogP contribution in [-0.2, 0) is 5.41 Å². The van der Waals surface area contributed by atoms with Gasteiger partial charge in [-0.25, -0.2) is 4.98 Å². The fourth-order valence-electron chi connectivity index (χ4n) is 4.79. The number of imidazole rings is 1. The van der Waals surface area contributed by atoms with Gasteiger partial charge >= 0.3 is 0 Å². The average molecular weight is 509 g/mol. The van der Waals surface area contributed by atoms with Crippen molar-refractivity contribution in [1.29, 1.82) is 0 Å². The van der Waals surface area contributed by atoms with Gasteiger partial charge in [-0.1, -0.05) is 69.3 Å². The lowest BCUT2D eigenvalue weighted by atomic mass is 9.87. The van der Waals surface area contributed by atoms with Crippen molar-refractivity contribution in [1.82, 2.24) is 9.38 Å². The lowest BCUT2D eigenvalue weighted by Gasteiger charge is -2.27. The Morgan fingerprint density at radius 2 is 1.18 bits per heavy atom. The number of hydrogen-bond acceptors (Lipinski definition) is 3. The summed E-state index contributed by atoms with van der Waals surface area (Å²) in [7, 11) is 0. The van der Waals surface area contributed by atoms with E-state index in [0.29, 0.717) is 0 Å². The maximum atomic E-state index is 4.73. The van der Waals surface area contributed by atoms with Crippen molar-refractivity contribution in [3.8, 4) is 11.3 Å². The second-order valence-corrected chi connectivity index (χ2v) is 10.8. The number of rotatable bonds is 6. The minimum absolute atomic E-state index is 0.119. The van der Waals surface area contributed by atoms with Crippen LogP contribution in [0.5, 0.6) is 0 Å². The third kappa shape index (κ3) is 5.27. The Morgan fingerprint density at radius 3 is 1.79 bits per heavy atom. The highest BCUT2D eigenvalue weighted by molar-refractivity contribution is 5.78. The van der Waals surface area contributed by atoms with Crippen molar-refractivity contribution >= 4 is 34.1 Å². The molecule has 6 rings (SSSR count). The predicted octanol–water partition coefficient (Wildman–Crippen LogP) is 9.51. The number of aromatic nitrogens is 2. The molecule has 39 heavy (non-hydrogen) atoms. The molecule has 0 amide bonds. The van der Waals surface area contributed by atoms with E-state index in [4.69, 9.17) is 4.98 Å². The third-order valence-corrected chi connectivity index (χ3v) is 6.96. The lowest BCUT2D eigenvalue weighted by Crippen LogP contribution is -2.13. The summed E-state index contributed by atoms with van der Waals surface area (Å²) in [6.07, 6.45) is 4.08. The molecule has 0 unspecified atom stereocenters. The number of fused-ring (bicyclic) bond motifs is 1. The van der Waals surface area contributed by atoms with Crippen molar-refractivity contribution in [3.63, 3.8) is 0 Å². The Balaban J connectivity index is 1.23. The van der Waals surface area contributed by atoms with E-state index in [0.717, 1.165) is 45.3 Å². The summed E-state index contributed by atoms with van der Waals surface area (Å²) < 4.78 is 2.04. The minimum Gasteiger partial charge on any atom is -0.356 e. The summed E-state index contributed by atoms with van der Waals surface area (Å²) in [6, 6.07) is 42.4. The average Bonchev–Trinajstić information content (AvgIpc) is 3.39. The summed E-state index contributed by atoms with van der Waals surface area (Å²) in [6.45, 7) is 6.74. The zero-order chi connectivity index (χ0) is 26.8. The predicted molar refractivity (Wildman–Crippen MR) is 164 cm³/mol. The minimum atomic E-state index is 0.119. The van der Waals surface area contributed by atoms with Gasteiger partial charge in [0.25, 0.3) is 0 Å². The van der Waals surface area contributed by atoms with E-state index >= 15 is 0 Å². The van der Waals surface area contributed by atoms with E-state index in [1.165, 1.54) is 5.56 Å². The fraction of sp³-hybridized carbons (Fsp3) is 0.114. The van der Waals surface area contributed by atoms with Gasteiger partial charge in [0.15, 0.2) is 0 Å². The number of para-hydroxylation sites is 1. The van der Waals surface area contributed by atoms with Gasteiger partial charge in [-0.05, 0) is 83.8 Å². The molecule has 1 N–H and O–H groups in total. The molecule has 4 heteroatoms. The Bertz CT molecular complexity index is 1640. The van der Waals surface area contributed by atoms with Crippen molar-refractivity contribution in [2.75, 3.05) is 10.2 Å². The molecule has 4 nitrogen and oxygen atoms in total. The van der Waals surface area contributed by atoms with Crippen LogP contribution in [0.3, 0.4) is 0 Å². The fourth-order valence-corrected chi connectivity index (χ4v) is 4.79. The molecule has 192 valence electrons. The van der Waals surface area contributed by atoms with E-state index in [1.807, 2.05) is 28.8 Å². The summed E-state index contributed by atoms with van der Waals surface area (Å²) in [4.78, 5) is 7.02. The molecule has 4 aromatic carbocycles. The summed E-state index contributed by atoms with van der Waals surface area (Å²) in [5.74, 6) is 0. The number of anilines is 5. The molecule has 0 fully saturated rings. The number of pyridine rings is 1. The lowest BCUT2D eigenvalue weighted by molar-refractivity contribution is 0.590. The first-order valence-electron chi connectivity index (χ1n) is 13.3. The number of hydrogen-bond donors (Lipinski definition) is 1. The Hall–Kier alpha value is -4.83. The van der Waals surface area contributed by atoms with Crippen LogP contribution in [0, 0.1) is 0 Å². The van der Waals surface area contributed by atoms with Crippen LogP contribution in [0.15, 0.2) is 134 Å². The second-order valence-electron chi connectivity index (χ2n) is 10.8. The van der Waals surface area contributed by atoms with E-state index in [1.54, 1.807) is 0 Å². The first-order chi connectivity index (χ1) is 18.9. The van der Waals surface area contributed by atoms with Crippen LogP contribution < -0.4 is 10.2 Å². The summed E-state index contributed by atoms with van der Waals surface area (Å²) >= 11 is 0. The van der Waals surface area contributed by atoms with E-state index < -0.39 is 0 Å². The molecule has 0 atom stereocenters. The highest BCUT2D eigenvalue weighted by atomic mass is 15.1. The molecule has 6 aromatic rings. The topological polar surface area (TPSA) is 32.6 Å². The Morgan fingerprint density at radius 1 is 0.615 bits per heavy atom. The molecule has 0 spiro atoms. The zero-order valence-corrected chi connectivity index (χ0v) is 22.5. The largest absolute Gasteiger partial charge is 0.356 e. The SMILES string of the molecule is CC(C)(C)c1ccc(N(c2ccccc2)c2ccc(Nc3ccc(-c4cn5ccccc5n4)cc3)cc2)cc1. The standard InChI is InChI=1S/C35H32N4/c1-35(2,3)27-14-20-31(21-15-27)39(30-9-5-4-6-10-30)32-22-18-29(19-23-32)36-28-16-12-26(13-17-28)33-25-38-24-8-7-11-34(38)37-33/h4-25,36H,1-3H3. The van der Waals surface area contributed by atoms with Crippen LogP contribution >= 0.6 is 0 Å². The highest BCUT2D eigenvalue weighted by Crippen LogP contribution is 2.36. The van der Waals surface area contributed by atoms with Gasteiger partial charge in [0, 0.05) is 46.4 Å². The summed E-state index contributed by atoms with van der Waals surface area (Å²) in [5, 5.41) is 3.53. The monoisotopic (exact) mass is 508 g/mol. The van der Waals surface area contributed by atoms with E-state index in [2.05, 4.69) is 140 Å². The summed E-state index contributed by atoms with van der Waals surface area (Å²) in [5.41, 5.74) is 9.90. The van der Waals surface area contributed by atoms with Gasteiger partial charge in [-0.15, -0.1) is 0 Å². The third-order valence-electron chi connectivity index (χ3n) is 6.96. The molecule has 0 aliphatic carbocycles. The molecule has 0 aliphatic heterocycles.